The highest BCUT2D eigenvalue weighted by atomic mass is 16.6. The highest BCUT2D eigenvalue weighted by molar-refractivity contribution is 6.40. The molecule has 0 fully saturated rings. The number of carbonyl (C=O) groups is 2. The molecule has 1 heterocycles. The molecule has 0 aromatic heterocycles. The van der Waals surface area contributed by atoms with Crippen LogP contribution in [0.2, 0.25) is 0 Å². The maximum atomic E-state index is 10.4. The van der Waals surface area contributed by atoms with Gasteiger partial charge in [-0.15, -0.1) is 0 Å². The van der Waals surface area contributed by atoms with Crippen molar-refractivity contribution < 1.29 is 14.3 Å². The second-order valence-electron chi connectivity index (χ2n) is 1.64. The number of carbonyl (C=O) groups excluding carboxylic acids is 2. The Balaban J connectivity index is 2.77. The third kappa shape index (κ3) is 1.10. The SMILES string of the molecule is C/C=C\C1=NC(=O)C(=O)O1. The van der Waals surface area contributed by atoms with Crippen LogP contribution in [0.4, 0.5) is 0 Å². The summed E-state index contributed by atoms with van der Waals surface area (Å²) in [6.07, 6.45) is 3.08. The zero-order valence-electron chi connectivity index (χ0n) is 5.33. The summed E-state index contributed by atoms with van der Waals surface area (Å²) in [5.74, 6) is -1.68. The van der Waals surface area contributed by atoms with Crippen LogP contribution in [0.5, 0.6) is 0 Å². The van der Waals surface area contributed by atoms with Crippen molar-refractivity contribution in [2.75, 3.05) is 0 Å². The molecule has 0 aromatic rings. The van der Waals surface area contributed by atoms with Gasteiger partial charge in [0.15, 0.2) is 0 Å². The van der Waals surface area contributed by atoms with Crippen LogP contribution >= 0.6 is 0 Å². The van der Waals surface area contributed by atoms with E-state index in [0.29, 0.717) is 0 Å². The molecule has 0 spiro atoms. The average molecular weight is 139 g/mol. The minimum absolute atomic E-state index is 0.0671. The van der Waals surface area contributed by atoms with E-state index >= 15 is 0 Å². The number of esters is 1. The molecule has 1 aliphatic heterocycles. The quantitative estimate of drug-likeness (QED) is 0.381. The number of hydrogen-bond donors (Lipinski definition) is 0. The molecule has 0 aliphatic carbocycles. The zero-order valence-corrected chi connectivity index (χ0v) is 5.33. The molecule has 1 amide bonds. The number of hydrogen-bond acceptors (Lipinski definition) is 3. The summed E-state index contributed by atoms with van der Waals surface area (Å²) in [5.41, 5.74) is 0. The van der Waals surface area contributed by atoms with E-state index < -0.39 is 11.9 Å². The highest BCUT2D eigenvalue weighted by Crippen LogP contribution is 1.98. The predicted octanol–water partition coefficient (Wildman–Crippen LogP) is 0.0444. The molecular weight excluding hydrogens is 134 g/mol. The molecule has 0 N–H and O–H groups in total. The Labute approximate surface area is 57.2 Å². The van der Waals surface area contributed by atoms with Crippen molar-refractivity contribution in [3.8, 4) is 0 Å². The zero-order chi connectivity index (χ0) is 7.56. The number of nitrogens with zero attached hydrogens (tertiary/aromatic N) is 1. The summed E-state index contributed by atoms with van der Waals surface area (Å²) in [5, 5.41) is 0. The maximum Gasteiger partial charge on any atom is 0.406 e. The van der Waals surface area contributed by atoms with E-state index in [9.17, 15) is 9.59 Å². The van der Waals surface area contributed by atoms with E-state index in [2.05, 4.69) is 9.73 Å². The molecule has 0 atom stereocenters. The number of allylic oxidation sites excluding steroid dienone is 1. The molecule has 1 rings (SSSR count). The molecule has 0 unspecified atom stereocenters. The molecule has 0 saturated heterocycles. The van der Waals surface area contributed by atoms with Gasteiger partial charge in [-0.2, -0.15) is 4.99 Å². The fourth-order valence-electron chi connectivity index (χ4n) is 0.521. The Morgan fingerprint density at radius 1 is 1.50 bits per heavy atom. The summed E-state index contributed by atoms with van der Waals surface area (Å²) >= 11 is 0. The normalized spacial score (nSPS) is 17.9. The van der Waals surface area contributed by atoms with Crippen molar-refractivity contribution in [3.63, 3.8) is 0 Å². The Morgan fingerprint density at radius 2 is 2.20 bits per heavy atom. The summed E-state index contributed by atoms with van der Waals surface area (Å²) in [6, 6.07) is 0. The molecule has 0 aromatic carbocycles. The van der Waals surface area contributed by atoms with Crippen LogP contribution in [0, 0.1) is 0 Å². The monoisotopic (exact) mass is 139 g/mol. The third-order valence-electron chi connectivity index (χ3n) is 0.893. The van der Waals surface area contributed by atoms with E-state index in [0.717, 1.165) is 0 Å². The van der Waals surface area contributed by atoms with E-state index in [1.165, 1.54) is 6.08 Å². The lowest BCUT2D eigenvalue weighted by Crippen LogP contribution is -2.06. The van der Waals surface area contributed by atoms with E-state index in [1.54, 1.807) is 13.0 Å². The van der Waals surface area contributed by atoms with Crippen molar-refractivity contribution in [2.24, 2.45) is 4.99 Å². The summed E-state index contributed by atoms with van der Waals surface area (Å²) in [4.78, 5) is 24.0. The molecule has 4 nitrogen and oxygen atoms in total. The lowest BCUT2D eigenvalue weighted by Gasteiger charge is -1.85. The van der Waals surface area contributed by atoms with E-state index in [-0.39, 0.29) is 5.90 Å². The first-order chi connectivity index (χ1) is 4.74. The predicted molar refractivity (Wildman–Crippen MR) is 33.3 cm³/mol. The lowest BCUT2D eigenvalue weighted by atomic mass is 10.5. The van der Waals surface area contributed by atoms with Gasteiger partial charge < -0.3 is 4.74 Å². The standard InChI is InChI=1S/C6H5NO3/c1-2-3-4-7-5(8)6(9)10-4/h2-3H,1H3/b3-2-. The highest BCUT2D eigenvalue weighted by Gasteiger charge is 2.24. The van der Waals surface area contributed by atoms with Crippen LogP contribution in [0.15, 0.2) is 17.1 Å². The minimum atomic E-state index is -0.909. The minimum Gasteiger partial charge on any atom is -0.400 e. The Hall–Kier alpha value is -1.45. The van der Waals surface area contributed by atoms with Crippen molar-refractivity contribution in [2.45, 2.75) is 6.92 Å². The molecule has 0 radical (unpaired) electrons. The van der Waals surface area contributed by atoms with Gasteiger partial charge in [-0.1, -0.05) is 6.08 Å². The van der Waals surface area contributed by atoms with Crippen molar-refractivity contribution in [1.82, 2.24) is 0 Å². The van der Waals surface area contributed by atoms with Gasteiger partial charge in [0.05, 0.1) is 0 Å². The van der Waals surface area contributed by atoms with Crippen molar-refractivity contribution in [1.29, 1.82) is 0 Å². The van der Waals surface area contributed by atoms with Crippen molar-refractivity contribution in [3.05, 3.63) is 12.2 Å². The van der Waals surface area contributed by atoms with Crippen LogP contribution in [0.25, 0.3) is 0 Å². The van der Waals surface area contributed by atoms with Gasteiger partial charge >= 0.3 is 11.9 Å². The van der Waals surface area contributed by atoms with Gasteiger partial charge in [-0.05, 0) is 13.0 Å². The number of rotatable bonds is 1. The van der Waals surface area contributed by atoms with Gasteiger partial charge in [0.25, 0.3) is 0 Å². The summed E-state index contributed by atoms with van der Waals surface area (Å²) in [7, 11) is 0. The number of cyclic esters (lactones) is 1. The van der Waals surface area contributed by atoms with Gasteiger partial charge in [-0.3, -0.25) is 4.79 Å². The van der Waals surface area contributed by atoms with Gasteiger partial charge in [-0.25, -0.2) is 4.79 Å². The summed E-state index contributed by atoms with van der Waals surface area (Å²) in [6.45, 7) is 1.74. The molecule has 1 aliphatic rings. The average Bonchev–Trinajstić information content (AvgIpc) is 2.14. The fraction of sp³-hybridized carbons (Fsp3) is 0.167. The van der Waals surface area contributed by atoms with Crippen LogP contribution in [0.3, 0.4) is 0 Å². The van der Waals surface area contributed by atoms with Crippen LogP contribution in [0.1, 0.15) is 6.92 Å². The van der Waals surface area contributed by atoms with Gasteiger partial charge in [0, 0.05) is 0 Å². The third-order valence-corrected chi connectivity index (χ3v) is 0.893. The Morgan fingerprint density at radius 3 is 2.60 bits per heavy atom. The van der Waals surface area contributed by atoms with Gasteiger partial charge in [0.1, 0.15) is 0 Å². The Kier molecular flexibility index (Phi) is 1.62. The second kappa shape index (κ2) is 2.43. The van der Waals surface area contributed by atoms with Gasteiger partial charge in [0.2, 0.25) is 5.90 Å². The van der Waals surface area contributed by atoms with E-state index in [4.69, 9.17) is 0 Å². The second-order valence-corrected chi connectivity index (χ2v) is 1.64. The molecule has 0 saturated carbocycles. The first-order valence-electron chi connectivity index (χ1n) is 2.71. The Bertz CT molecular complexity index is 239. The molecular formula is C6H5NO3. The van der Waals surface area contributed by atoms with Crippen LogP contribution < -0.4 is 0 Å². The number of amides is 1. The molecule has 0 bridgehead atoms. The van der Waals surface area contributed by atoms with Crippen LogP contribution in [-0.2, 0) is 14.3 Å². The summed E-state index contributed by atoms with van der Waals surface area (Å²) < 4.78 is 4.39. The first kappa shape index (κ1) is 6.67. The number of aliphatic imine (C=N–C) groups is 1. The van der Waals surface area contributed by atoms with E-state index in [1.807, 2.05) is 0 Å². The topological polar surface area (TPSA) is 55.7 Å². The molecule has 4 heteroatoms. The number of ether oxygens (including phenoxy) is 1. The smallest absolute Gasteiger partial charge is 0.400 e. The first-order valence-corrected chi connectivity index (χ1v) is 2.71. The lowest BCUT2D eigenvalue weighted by molar-refractivity contribution is -0.145. The molecule has 52 valence electrons. The van der Waals surface area contributed by atoms with Crippen molar-refractivity contribution >= 4 is 17.8 Å². The largest absolute Gasteiger partial charge is 0.406 e. The molecule has 10 heavy (non-hydrogen) atoms. The maximum absolute atomic E-state index is 10.4. The van der Waals surface area contributed by atoms with Crippen LogP contribution in [-0.4, -0.2) is 17.8 Å². The fourth-order valence-corrected chi connectivity index (χ4v) is 0.521.